The molecule has 3 aromatic carbocycles. The Morgan fingerprint density at radius 3 is 2.62 bits per heavy atom. The summed E-state index contributed by atoms with van der Waals surface area (Å²) in [7, 11) is 0. The van der Waals surface area contributed by atoms with E-state index >= 15 is 0 Å². The lowest BCUT2D eigenvalue weighted by atomic mass is 10.0. The van der Waals surface area contributed by atoms with Gasteiger partial charge in [0, 0.05) is 22.4 Å². The molecule has 1 N–H and O–H groups in total. The molecule has 2 heterocycles. The van der Waals surface area contributed by atoms with Crippen molar-refractivity contribution in [1.82, 2.24) is 9.97 Å². The van der Waals surface area contributed by atoms with Crippen LogP contribution in [0.4, 0.5) is 0 Å². The van der Waals surface area contributed by atoms with Crippen molar-refractivity contribution in [2.75, 3.05) is 0 Å². The molecule has 0 amide bonds. The largest absolute Gasteiger partial charge is 0.422 e. The summed E-state index contributed by atoms with van der Waals surface area (Å²) >= 11 is 0. The van der Waals surface area contributed by atoms with Gasteiger partial charge in [-0.2, -0.15) is 0 Å². The molecule has 5 rings (SSSR count). The maximum absolute atomic E-state index is 12.1. The third-order valence-corrected chi connectivity index (χ3v) is 4.28. The Balaban J connectivity index is 1.91. The third kappa shape index (κ3) is 1.86. The van der Waals surface area contributed by atoms with Crippen LogP contribution >= 0.6 is 0 Å². The Hall–Kier alpha value is -3.40. The predicted molar refractivity (Wildman–Crippen MR) is 95.1 cm³/mol. The highest BCUT2D eigenvalue weighted by atomic mass is 16.4. The number of aromatic amines is 1. The maximum atomic E-state index is 12.1. The highest BCUT2D eigenvalue weighted by Crippen LogP contribution is 2.31. The molecule has 24 heavy (non-hydrogen) atoms. The van der Waals surface area contributed by atoms with Crippen molar-refractivity contribution in [1.29, 1.82) is 0 Å². The lowest BCUT2D eigenvalue weighted by Crippen LogP contribution is -1.99. The quantitative estimate of drug-likeness (QED) is 0.366. The van der Waals surface area contributed by atoms with Crippen LogP contribution < -0.4 is 5.63 Å². The molecular weight excluding hydrogens is 300 g/mol. The van der Waals surface area contributed by atoms with Crippen LogP contribution in [0, 0.1) is 0 Å². The van der Waals surface area contributed by atoms with Gasteiger partial charge >= 0.3 is 5.63 Å². The van der Waals surface area contributed by atoms with Gasteiger partial charge in [-0.1, -0.05) is 42.5 Å². The third-order valence-electron chi connectivity index (χ3n) is 4.28. The Labute approximate surface area is 136 Å². The minimum absolute atomic E-state index is 0.380. The number of imidazole rings is 1. The van der Waals surface area contributed by atoms with Crippen molar-refractivity contribution in [3.8, 4) is 11.4 Å². The van der Waals surface area contributed by atoms with E-state index in [1.165, 1.54) is 6.07 Å². The summed E-state index contributed by atoms with van der Waals surface area (Å²) < 4.78 is 5.51. The first-order chi connectivity index (χ1) is 11.8. The second kappa shape index (κ2) is 4.80. The molecule has 0 radical (unpaired) electrons. The molecule has 0 unspecified atom stereocenters. The second-order valence-corrected chi connectivity index (χ2v) is 5.75. The van der Waals surface area contributed by atoms with Crippen LogP contribution in [0.15, 0.2) is 75.9 Å². The van der Waals surface area contributed by atoms with Crippen molar-refractivity contribution >= 4 is 32.8 Å². The molecule has 0 fully saturated rings. The molecule has 0 aliphatic carbocycles. The highest BCUT2D eigenvalue weighted by molar-refractivity contribution is 6.08. The van der Waals surface area contributed by atoms with Gasteiger partial charge in [-0.3, -0.25) is 0 Å². The van der Waals surface area contributed by atoms with Crippen molar-refractivity contribution in [3.05, 3.63) is 77.2 Å². The summed E-state index contributed by atoms with van der Waals surface area (Å²) in [6.07, 6.45) is 0. The first-order valence-electron chi connectivity index (χ1n) is 7.70. The molecule has 4 heteroatoms. The molecule has 0 spiro atoms. The highest BCUT2D eigenvalue weighted by Gasteiger charge is 2.13. The maximum Gasteiger partial charge on any atom is 0.336 e. The number of hydrogen-bond acceptors (Lipinski definition) is 3. The number of nitrogens with one attached hydrogen (secondary N) is 1. The van der Waals surface area contributed by atoms with Crippen LogP contribution in [-0.4, -0.2) is 9.97 Å². The van der Waals surface area contributed by atoms with Crippen LogP contribution in [0.2, 0.25) is 0 Å². The molecule has 2 aromatic heterocycles. The van der Waals surface area contributed by atoms with Gasteiger partial charge in [-0.25, -0.2) is 9.78 Å². The lowest BCUT2D eigenvalue weighted by Gasteiger charge is -2.05. The minimum atomic E-state index is -0.380. The van der Waals surface area contributed by atoms with E-state index in [1.807, 2.05) is 60.7 Å². The zero-order valence-electron chi connectivity index (χ0n) is 12.6. The van der Waals surface area contributed by atoms with Crippen LogP contribution in [-0.2, 0) is 0 Å². The van der Waals surface area contributed by atoms with Gasteiger partial charge in [-0.15, -0.1) is 0 Å². The van der Waals surface area contributed by atoms with Crippen LogP contribution in [0.3, 0.4) is 0 Å². The fourth-order valence-corrected chi connectivity index (χ4v) is 3.17. The second-order valence-electron chi connectivity index (χ2n) is 5.75. The Bertz CT molecular complexity index is 1250. The number of rotatable bonds is 1. The first kappa shape index (κ1) is 13.1. The number of benzene rings is 3. The van der Waals surface area contributed by atoms with E-state index in [4.69, 9.17) is 4.42 Å². The summed E-state index contributed by atoms with van der Waals surface area (Å²) in [6, 6.07) is 21.2. The van der Waals surface area contributed by atoms with Crippen molar-refractivity contribution in [3.63, 3.8) is 0 Å². The molecular formula is C20H12N2O2. The van der Waals surface area contributed by atoms with Gasteiger partial charge in [0.15, 0.2) is 0 Å². The molecule has 0 bridgehead atoms. The van der Waals surface area contributed by atoms with Gasteiger partial charge < -0.3 is 9.40 Å². The summed E-state index contributed by atoms with van der Waals surface area (Å²) in [5.74, 6) is 0.671. The molecule has 0 aliphatic rings. The van der Waals surface area contributed by atoms with Crippen LogP contribution in [0.25, 0.3) is 44.2 Å². The van der Waals surface area contributed by atoms with Gasteiger partial charge in [-0.05, 0) is 23.6 Å². The normalized spacial score (nSPS) is 11.5. The molecule has 4 nitrogen and oxygen atoms in total. The number of para-hydroxylation sites is 2. The van der Waals surface area contributed by atoms with Crippen LogP contribution in [0.1, 0.15) is 0 Å². The van der Waals surface area contributed by atoms with E-state index in [0.717, 1.165) is 32.8 Å². The standard InChI is InChI=1S/C20H12N2O2/c23-18-11-15(20-21-16-7-3-4-8-17(16)22-20)14-10-9-12-5-1-2-6-13(12)19(14)24-18/h1-11H,(H,21,22). The number of aromatic nitrogens is 2. The number of nitrogens with zero attached hydrogens (tertiary/aromatic N) is 1. The molecule has 0 saturated heterocycles. The average Bonchev–Trinajstić information content (AvgIpc) is 3.05. The van der Waals surface area contributed by atoms with Gasteiger partial charge in [0.2, 0.25) is 0 Å². The summed E-state index contributed by atoms with van der Waals surface area (Å²) in [6.45, 7) is 0. The summed E-state index contributed by atoms with van der Waals surface area (Å²) in [5, 5.41) is 2.83. The summed E-state index contributed by atoms with van der Waals surface area (Å²) in [5.41, 5.74) is 2.78. The topological polar surface area (TPSA) is 58.9 Å². The van der Waals surface area contributed by atoms with Crippen molar-refractivity contribution in [2.24, 2.45) is 0 Å². The fourth-order valence-electron chi connectivity index (χ4n) is 3.17. The van der Waals surface area contributed by atoms with Gasteiger partial charge in [0.25, 0.3) is 0 Å². The van der Waals surface area contributed by atoms with E-state index in [0.29, 0.717) is 11.4 Å². The van der Waals surface area contributed by atoms with E-state index in [9.17, 15) is 4.79 Å². The van der Waals surface area contributed by atoms with Crippen LogP contribution in [0.5, 0.6) is 0 Å². The van der Waals surface area contributed by atoms with Gasteiger partial charge in [0.1, 0.15) is 11.4 Å². The zero-order valence-corrected chi connectivity index (χ0v) is 12.6. The zero-order chi connectivity index (χ0) is 16.1. The van der Waals surface area contributed by atoms with Crippen molar-refractivity contribution < 1.29 is 4.42 Å². The SMILES string of the molecule is O=c1cc(-c2nc3ccccc3[nH]2)c2ccc3ccccc3c2o1. The molecule has 0 saturated carbocycles. The molecule has 114 valence electrons. The molecule has 0 aliphatic heterocycles. The first-order valence-corrected chi connectivity index (χ1v) is 7.70. The number of hydrogen-bond donors (Lipinski definition) is 1. The van der Waals surface area contributed by atoms with E-state index in [-0.39, 0.29) is 5.63 Å². The Kier molecular flexibility index (Phi) is 2.61. The Morgan fingerprint density at radius 2 is 1.71 bits per heavy atom. The smallest absolute Gasteiger partial charge is 0.336 e. The van der Waals surface area contributed by atoms with Crippen molar-refractivity contribution in [2.45, 2.75) is 0 Å². The predicted octanol–water partition coefficient (Wildman–Crippen LogP) is 4.49. The average molecular weight is 312 g/mol. The van der Waals surface area contributed by atoms with E-state index < -0.39 is 0 Å². The Morgan fingerprint density at radius 1 is 0.875 bits per heavy atom. The molecule has 0 atom stereocenters. The van der Waals surface area contributed by atoms with E-state index in [2.05, 4.69) is 9.97 Å². The minimum Gasteiger partial charge on any atom is -0.422 e. The molecule has 5 aromatic rings. The lowest BCUT2D eigenvalue weighted by molar-refractivity contribution is 0.564. The fraction of sp³-hybridized carbons (Fsp3) is 0. The number of H-pyrrole nitrogens is 1. The monoisotopic (exact) mass is 312 g/mol. The number of fused-ring (bicyclic) bond motifs is 4. The summed E-state index contributed by atoms with van der Waals surface area (Å²) in [4.78, 5) is 20.0. The van der Waals surface area contributed by atoms with E-state index in [1.54, 1.807) is 0 Å². The van der Waals surface area contributed by atoms with Gasteiger partial charge in [0.05, 0.1) is 11.0 Å².